The number of ether oxygens (including phenoxy) is 1. The summed E-state index contributed by atoms with van der Waals surface area (Å²) in [6.45, 7) is 1.34. The molecule has 2 aromatic rings. The van der Waals surface area contributed by atoms with Crippen LogP contribution < -0.4 is 4.74 Å². The van der Waals surface area contributed by atoms with Gasteiger partial charge in [-0.1, -0.05) is 18.2 Å². The van der Waals surface area contributed by atoms with Crippen molar-refractivity contribution >= 4 is 18.5 Å². The second kappa shape index (κ2) is 7.55. The fraction of sp³-hybridized carbons (Fsp3) is 0.316. The van der Waals surface area contributed by atoms with Crippen molar-refractivity contribution < 1.29 is 9.53 Å². The van der Waals surface area contributed by atoms with Gasteiger partial charge in [-0.2, -0.15) is 0 Å². The summed E-state index contributed by atoms with van der Waals surface area (Å²) in [5.41, 5.74) is 0.749. The standard InChI is InChI=1S/C19H21NO2S/c21-19(15-6-2-1-3-7-15)20-13-5-4-8-16(20)14-22-17-9-11-18(23)12-10-17/h1-3,6-7,9-12,16,23H,4-5,8,13-14H2. The van der Waals surface area contributed by atoms with Gasteiger partial charge in [-0.15, -0.1) is 12.6 Å². The fourth-order valence-corrected chi connectivity index (χ4v) is 3.07. The summed E-state index contributed by atoms with van der Waals surface area (Å²) in [5.74, 6) is 0.921. The summed E-state index contributed by atoms with van der Waals surface area (Å²) in [6.07, 6.45) is 3.19. The first-order valence-electron chi connectivity index (χ1n) is 8.02. The molecule has 3 rings (SSSR count). The lowest BCUT2D eigenvalue weighted by molar-refractivity contribution is 0.0528. The maximum atomic E-state index is 12.7. The van der Waals surface area contributed by atoms with Gasteiger partial charge in [-0.25, -0.2) is 0 Å². The number of amides is 1. The highest BCUT2D eigenvalue weighted by Gasteiger charge is 2.27. The van der Waals surface area contributed by atoms with Crippen LogP contribution in [0.4, 0.5) is 0 Å². The highest BCUT2D eigenvalue weighted by molar-refractivity contribution is 7.80. The van der Waals surface area contributed by atoms with E-state index in [-0.39, 0.29) is 11.9 Å². The third kappa shape index (κ3) is 4.08. The van der Waals surface area contributed by atoms with E-state index >= 15 is 0 Å². The molecule has 120 valence electrons. The third-order valence-corrected chi connectivity index (χ3v) is 4.49. The molecule has 0 bridgehead atoms. The van der Waals surface area contributed by atoms with Crippen molar-refractivity contribution in [3.05, 3.63) is 60.2 Å². The smallest absolute Gasteiger partial charge is 0.254 e. The van der Waals surface area contributed by atoms with E-state index in [2.05, 4.69) is 12.6 Å². The molecule has 0 spiro atoms. The van der Waals surface area contributed by atoms with E-state index in [1.165, 1.54) is 0 Å². The Balaban J connectivity index is 1.66. The summed E-state index contributed by atoms with van der Waals surface area (Å²) in [6, 6.07) is 17.3. The molecule has 0 aliphatic carbocycles. The maximum absolute atomic E-state index is 12.7. The number of nitrogens with zero attached hydrogens (tertiary/aromatic N) is 1. The molecular formula is C19H21NO2S. The van der Waals surface area contributed by atoms with E-state index < -0.39 is 0 Å². The summed E-state index contributed by atoms with van der Waals surface area (Å²) < 4.78 is 5.89. The molecule has 1 aliphatic rings. The first-order chi connectivity index (χ1) is 11.2. The zero-order valence-electron chi connectivity index (χ0n) is 13.0. The first kappa shape index (κ1) is 15.9. The molecule has 1 heterocycles. The van der Waals surface area contributed by atoms with Crippen molar-refractivity contribution in [1.29, 1.82) is 0 Å². The van der Waals surface area contributed by atoms with Gasteiger partial charge < -0.3 is 9.64 Å². The van der Waals surface area contributed by atoms with Crippen molar-refractivity contribution in [3.8, 4) is 5.75 Å². The lowest BCUT2D eigenvalue weighted by Gasteiger charge is -2.35. The number of hydrogen-bond acceptors (Lipinski definition) is 3. The highest BCUT2D eigenvalue weighted by Crippen LogP contribution is 2.22. The second-order valence-electron chi connectivity index (χ2n) is 5.82. The van der Waals surface area contributed by atoms with E-state index in [1.54, 1.807) is 0 Å². The predicted octanol–water partition coefficient (Wildman–Crippen LogP) is 4.05. The van der Waals surface area contributed by atoms with Crippen molar-refractivity contribution in [2.75, 3.05) is 13.2 Å². The quantitative estimate of drug-likeness (QED) is 0.859. The molecule has 2 aromatic carbocycles. The van der Waals surface area contributed by atoms with Gasteiger partial charge in [0.05, 0.1) is 6.04 Å². The predicted molar refractivity (Wildman–Crippen MR) is 94.3 cm³/mol. The molecule has 1 saturated heterocycles. The van der Waals surface area contributed by atoms with Gasteiger partial charge in [-0.05, 0) is 55.7 Å². The second-order valence-corrected chi connectivity index (χ2v) is 6.34. The first-order valence-corrected chi connectivity index (χ1v) is 8.46. The topological polar surface area (TPSA) is 29.5 Å². The van der Waals surface area contributed by atoms with Gasteiger partial charge in [0.2, 0.25) is 0 Å². The average Bonchev–Trinajstić information content (AvgIpc) is 2.62. The minimum absolute atomic E-state index is 0.101. The molecule has 1 fully saturated rings. The molecule has 3 nitrogen and oxygen atoms in total. The summed E-state index contributed by atoms with van der Waals surface area (Å²) in [7, 11) is 0. The van der Waals surface area contributed by atoms with E-state index in [9.17, 15) is 4.79 Å². The minimum Gasteiger partial charge on any atom is -0.491 e. The average molecular weight is 327 g/mol. The SMILES string of the molecule is O=C(c1ccccc1)N1CCCCC1COc1ccc(S)cc1. The monoisotopic (exact) mass is 327 g/mol. The molecule has 0 N–H and O–H groups in total. The van der Waals surface area contributed by atoms with Crippen molar-refractivity contribution in [2.24, 2.45) is 0 Å². The van der Waals surface area contributed by atoms with E-state index in [0.717, 1.165) is 42.0 Å². The Kier molecular flexibility index (Phi) is 5.23. The van der Waals surface area contributed by atoms with Gasteiger partial charge in [-0.3, -0.25) is 4.79 Å². The van der Waals surface area contributed by atoms with Crippen LogP contribution >= 0.6 is 12.6 Å². The van der Waals surface area contributed by atoms with Crippen LogP contribution in [0.3, 0.4) is 0 Å². The van der Waals surface area contributed by atoms with Crippen LogP contribution in [0.5, 0.6) is 5.75 Å². The van der Waals surface area contributed by atoms with Crippen LogP contribution in [0.1, 0.15) is 29.6 Å². The number of piperidine rings is 1. The van der Waals surface area contributed by atoms with Crippen LogP contribution in [-0.4, -0.2) is 30.0 Å². The number of hydrogen-bond donors (Lipinski definition) is 1. The minimum atomic E-state index is 0.101. The molecule has 23 heavy (non-hydrogen) atoms. The molecule has 1 unspecified atom stereocenters. The molecule has 0 radical (unpaired) electrons. The van der Waals surface area contributed by atoms with Crippen molar-refractivity contribution in [3.63, 3.8) is 0 Å². The van der Waals surface area contributed by atoms with Crippen molar-refractivity contribution in [1.82, 2.24) is 4.90 Å². The summed E-state index contributed by atoms with van der Waals surface area (Å²) in [5, 5.41) is 0. The zero-order valence-corrected chi connectivity index (χ0v) is 13.9. The Morgan fingerprint density at radius 2 is 1.83 bits per heavy atom. The van der Waals surface area contributed by atoms with Gasteiger partial charge in [0.15, 0.2) is 0 Å². The van der Waals surface area contributed by atoms with E-state index in [0.29, 0.717) is 6.61 Å². The van der Waals surface area contributed by atoms with Gasteiger partial charge in [0, 0.05) is 17.0 Å². The largest absolute Gasteiger partial charge is 0.491 e. The van der Waals surface area contributed by atoms with E-state index in [4.69, 9.17) is 4.74 Å². The number of thiol groups is 1. The number of likely N-dealkylation sites (tertiary alicyclic amines) is 1. The van der Waals surface area contributed by atoms with Gasteiger partial charge in [0.25, 0.3) is 5.91 Å². The number of carbonyl (C=O) groups excluding carboxylic acids is 1. The van der Waals surface area contributed by atoms with Crippen LogP contribution in [0.2, 0.25) is 0 Å². The fourth-order valence-electron chi connectivity index (χ4n) is 2.92. The Morgan fingerprint density at radius 3 is 2.57 bits per heavy atom. The van der Waals surface area contributed by atoms with Crippen LogP contribution in [-0.2, 0) is 0 Å². The van der Waals surface area contributed by atoms with Crippen LogP contribution in [0.25, 0.3) is 0 Å². The molecule has 0 aromatic heterocycles. The Hall–Kier alpha value is -1.94. The Labute approximate surface area is 142 Å². The number of rotatable bonds is 4. The van der Waals surface area contributed by atoms with E-state index in [1.807, 2.05) is 59.5 Å². The normalized spacial score (nSPS) is 17.8. The zero-order chi connectivity index (χ0) is 16.1. The molecule has 1 atom stereocenters. The number of benzene rings is 2. The number of carbonyl (C=O) groups is 1. The Morgan fingerprint density at radius 1 is 1.09 bits per heavy atom. The van der Waals surface area contributed by atoms with Gasteiger partial charge in [0.1, 0.15) is 12.4 Å². The summed E-state index contributed by atoms with van der Waals surface area (Å²) in [4.78, 5) is 15.6. The lowest BCUT2D eigenvalue weighted by atomic mass is 10.0. The maximum Gasteiger partial charge on any atom is 0.254 e. The molecule has 1 aliphatic heterocycles. The highest BCUT2D eigenvalue weighted by atomic mass is 32.1. The van der Waals surface area contributed by atoms with Crippen LogP contribution in [0.15, 0.2) is 59.5 Å². The molecule has 1 amide bonds. The lowest BCUT2D eigenvalue weighted by Crippen LogP contribution is -2.46. The molecule has 0 saturated carbocycles. The third-order valence-electron chi connectivity index (χ3n) is 4.19. The Bertz CT molecular complexity index is 642. The molecular weight excluding hydrogens is 306 g/mol. The summed E-state index contributed by atoms with van der Waals surface area (Å²) >= 11 is 4.27. The van der Waals surface area contributed by atoms with Crippen molar-refractivity contribution in [2.45, 2.75) is 30.2 Å². The van der Waals surface area contributed by atoms with Crippen LogP contribution in [0, 0.1) is 0 Å². The van der Waals surface area contributed by atoms with Gasteiger partial charge >= 0.3 is 0 Å². The molecule has 4 heteroatoms.